The smallest absolute Gasteiger partial charge is 0.220 e. The molecule has 0 aromatic carbocycles. The van der Waals surface area contributed by atoms with E-state index >= 15 is 0 Å². The molecule has 3 aliphatic rings. The molecule has 3 fully saturated rings. The third kappa shape index (κ3) is 1.97. The first kappa shape index (κ1) is 10.6. The van der Waals surface area contributed by atoms with E-state index in [1.165, 1.54) is 32.1 Å². The van der Waals surface area contributed by atoms with E-state index in [2.05, 4.69) is 5.32 Å². The lowest BCUT2D eigenvalue weighted by Gasteiger charge is -2.40. The lowest BCUT2D eigenvalue weighted by molar-refractivity contribution is -0.123. The Kier molecular flexibility index (Phi) is 2.66. The van der Waals surface area contributed by atoms with Gasteiger partial charge in [-0.3, -0.25) is 4.79 Å². The van der Waals surface area contributed by atoms with Gasteiger partial charge in [0.25, 0.3) is 0 Å². The van der Waals surface area contributed by atoms with E-state index in [1.807, 2.05) is 0 Å². The van der Waals surface area contributed by atoms with Crippen LogP contribution in [-0.4, -0.2) is 18.5 Å². The van der Waals surface area contributed by atoms with Crippen molar-refractivity contribution < 1.29 is 4.79 Å². The molecule has 0 aliphatic heterocycles. The summed E-state index contributed by atoms with van der Waals surface area (Å²) in [4.78, 5) is 11.7. The van der Waals surface area contributed by atoms with Crippen molar-refractivity contribution in [3.8, 4) is 0 Å². The van der Waals surface area contributed by atoms with Crippen molar-refractivity contribution >= 4 is 5.91 Å². The van der Waals surface area contributed by atoms with Gasteiger partial charge in [-0.2, -0.15) is 0 Å². The second-order valence-corrected chi connectivity index (χ2v) is 6.05. The topological polar surface area (TPSA) is 55.1 Å². The first-order chi connectivity index (χ1) is 7.76. The number of amides is 1. The van der Waals surface area contributed by atoms with E-state index in [0.29, 0.717) is 17.9 Å². The second kappa shape index (κ2) is 4.02. The Morgan fingerprint density at radius 1 is 1.19 bits per heavy atom. The standard InChI is InChI=1S/C13H22N2O/c14-7-9-3-10-6-12(11(10)4-9)15-13(16)5-8-1-2-8/h8-12H,1-7,14H2,(H,15,16). The first-order valence-electron chi connectivity index (χ1n) is 6.75. The number of nitrogens with one attached hydrogen (secondary N) is 1. The van der Waals surface area contributed by atoms with E-state index in [0.717, 1.165) is 30.7 Å². The van der Waals surface area contributed by atoms with Crippen molar-refractivity contribution in [2.45, 2.75) is 44.6 Å². The monoisotopic (exact) mass is 222 g/mol. The van der Waals surface area contributed by atoms with E-state index in [9.17, 15) is 4.79 Å². The number of carbonyl (C=O) groups is 1. The van der Waals surface area contributed by atoms with Crippen molar-refractivity contribution in [1.82, 2.24) is 5.32 Å². The number of hydrogen-bond donors (Lipinski definition) is 2. The minimum absolute atomic E-state index is 0.294. The summed E-state index contributed by atoms with van der Waals surface area (Å²) < 4.78 is 0. The fraction of sp³-hybridized carbons (Fsp3) is 0.923. The SMILES string of the molecule is NCC1CC2CC(NC(=O)CC3CC3)C2C1. The summed E-state index contributed by atoms with van der Waals surface area (Å²) >= 11 is 0. The Balaban J connectivity index is 1.45. The van der Waals surface area contributed by atoms with Gasteiger partial charge < -0.3 is 11.1 Å². The highest BCUT2D eigenvalue weighted by atomic mass is 16.1. The van der Waals surface area contributed by atoms with Crippen LogP contribution in [0.2, 0.25) is 0 Å². The maximum Gasteiger partial charge on any atom is 0.220 e. The molecule has 1 amide bonds. The molecule has 3 aliphatic carbocycles. The molecule has 3 rings (SSSR count). The normalized spacial score (nSPS) is 41.3. The Bertz CT molecular complexity index is 288. The summed E-state index contributed by atoms with van der Waals surface area (Å²) in [7, 11) is 0. The molecule has 16 heavy (non-hydrogen) atoms. The molecule has 3 heteroatoms. The zero-order valence-electron chi connectivity index (χ0n) is 9.82. The molecule has 0 heterocycles. The molecule has 4 atom stereocenters. The Labute approximate surface area is 97.2 Å². The predicted molar refractivity (Wildman–Crippen MR) is 62.6 cm³/mol. The molecule has 0 saturated heterocycles. The van der Waals surface area contributed by atoms with Crippen LogP contribution >= 0.6 is 0 Å². The van der Waals surface area contributed by atoms with Crippen molar-refractivity contribution in [2.75, 3.05) is 6.54 Å². The highest BCUT2D eigenvalue weighted by Gasteiger charge is 2.47. The molecular weight excluding hydrogens is 200 g/mol. The maximum absolute atomic E-state index is 11.7. The van der Waals surface area contributed by atoms with Crippen LogP contribution in [0.15, 0.2) is 0 Å². The Morgan fingerprint density at radius 3 is 2.69 bits per heavy atom. The first-order valence-corrected chi connectivity index (χ1v) is 6.75. The summed E-state index contributed by atoms with van der Waals surface area (Å²) in [5.41, 5.74) is 5.72. The van der Waals surface area contributed by atoms with Crippen LogP contribution in [0.5, 0.6) is 0 Å². The van der Waals surface area contributed by atoms with Crippen molar-refractivity contribution in [1.29, 1.82) is 0 Å². The summed E-state index contributed by atoms with van der Waals surface area (Å²) in [5.74, 6) is 3.33. The Morgan fingerprint density at radius 2 is 2.00 bits per heavy atom. The predicted octanol–water partition coefficient (Wildman–Crippen LogP) is 1.28. The molecule has 3 N–H and O–H groups in total. The van der Waals surface area contributed by atoms with Crippen LogP contribution in [0.3, 0.4) is 0 Å². The fourth-order valence-corrected chi connectivity index (χ4v) is 3.55. The highest BCUT2D eigenvalue weighted by molar-refractivity contribution is 5.77. The average Bonchev–Trinajstić information content (AvgIpc) is 2.98. The molecule has 0 spiro atoms. The summed E-state index contributed by atoms with van der Waals surface area (Å²) in [6, 6.07) is 0.479. The van der Waals surface area contributed by atoms with Gasteiger partial charge in [-0.15, -0.1) is 0 Å². The fourth-order valence-electron chi connectivity index (χ4n) is 3.55. The van der Waals surface area contributed by atoms with Gasteiger partial charge in [0.05, 0.1) is 0 Å². The van der Waals surface area contributed by atoms with E-state index < -0.39 is 0 Å². The Hall–Kier alpha value is -0.570. The lowest BCUT2D eigenvalue weighted by Crippen LogP contribution is -2.50. The maximum atomic E-state index is 11.7. The minimum atomic E-state index is 0.294. The summed E-state index contributed by atoms with van der Waals surface area (Å²) in [6.07, 6.45) is 7.05. The third-order valence-corrected chi connectivity index (χ3v) is 4.77. The van der Waals surface area contributed by atoms with Gasteiger partial charge >= 0.3 is 0 Å². The molecule has 4 unspecified atom stereocenters. The van der Waals surface area contributed by atoms with Gasteiger partial charge in [0, 0.05) is 12.5 Å². The quantitative estimate of drug-likeness (QED) is 0.752. The van der Waals surface area contributed by atoms with Crippen LogP contribution in [0, 0.1) is 23.7 Å². The van der Waals surface area contributed by atoms with Gasteiger partial charge in [-0.25, -0.2) is 0 Å². The van der Waals surface area contributed by atoms with Crippen LogP contribution in [0.4, 0.5) is 0 Å². The van der Waals surface area contributed by atoms with E-state index in [-0.39, 0.29) is 0 Å². The average molecular weight is 222 g/mol. The molecular formula is C13H22N2O. The second-order valence-electron chi connectivity index (χ2n) is 6.05. The number of rotatable bonds is 4. The molecule has 0 aromatic heterocycles. The number of fused-ring (bicyclic) bond motifs is 1. The zero-order valence-corrected chi connectivity index (χ0v) is 9.82. The molecule has 0 aromatic rings. The van der Waals surface area contributed by atoms with Gasteiger partial charge in [0.1, 0.15) is 0 Å². The van der Waals surface area contributed by atoms with Gasteiger partial charge in [-0.1, -0.05) is 0 Å². The number of hydrogen-bond acceptors (Lipinski definition) is 2. The van der Waals surface area contributed by atoms with Crippen molar-refractivity contribution in [3.05, 3.63) is 0 Å². The van der Waals surface area contributed by atoms with E-state index in [1.54, 1.807) is 0 Å². The van der Waals surface area contributed by atoms with Crippen LogP contribution in [0.25, 0.3) is 0 Å². The number of carbonyl (C=O) groups excluding carboxylic acids is 1. The lowest BCUT2D eigenvalue weighted by atomic mass is 9.71. The summed E-state index contributed by atoms with van der Waals surface area (Å²) in [5, 5.41) is 3.22. The van der Waals surface area contributed by atoms with Crippen LogP contribution in [0.1, 0.15) is 38.5 Å². The number of nitrogens with two attached hydrogens (primary N) is 1. The highest BCUT2D eigenvalue weighted by Crippen LogP contribution is 2.49. The molecule has 3 nitrogen and oxygen atoms in total. The minimum Gasteiger partial charge on any atom is -0.353 e. The molecule has 0 radical (unpaired) electrons. The van der Waals surface area contributed by atoms with Crippen molar-refractivity contribution in [3.63, 3.8) is 0 Å². The van der Waals surface area contributed by atoms with Gasteiger partial charge in [0.2, 0.25) is 5.91 Å². The third-order valence-electron chi connectivity index (χ3n) is 4.77. The van der Waals surface area contributed by atoms with E-state index in [4.69, 9.17) is 5.73 Å². The molecule has 3 saturated carbocycles. The van der Waals surface area contributed by atoms with Crippen molar-refractivity contribution in [2.24, 2.45) is 29.4 Å². The van der Waals surface area contributed by atoms with Gasteiger partial charge in [-0.05, 0) is 62.3 Å². The molecule has 0 bridgehead atoms. The largest absolute Gasteiger partial charge is 0.353 e. The van der Waals surface area contributed by atoms with Crippen LogP contribution < -0.4 is 11.1 Å². The van der Waals surface area contributed by atoms with Crippen LogP contribution in [-0.2, 0) is 4.79 Å². The zero-order chi connectivity index (χ0) is 11.1. The molecule has 90 valence electrons. The summed E-state index contributed by atoms with van der Waals surface area (Å²) in [6.45, 7) is 0.829. The van der Waals surface area contributed by atoms with Gasteiger partial charge in [0.15, 0.2) is 0 Å².